The van der Waals surface area contributed by atoms with Gasteiger partial charge in [0.15, 0.2) is 5.82 Å². The second kappa shape index (κ2) is 6.34. The van der Waals surface area contributed by atoms with Gasteiger partial charge in [0.1, 0.15) is 0 Å². The number of carbonyl (C=O) groups excluding carboxylic acids is 1. The maximum absolute atomic E-state index is 12.5. The molecule has 1 fully saturated rings. The Morgan fingerprint density at radius 3 is 3.09 bits per heavy atom. The number of hydrogen-bond acceptors (Lipinski definition) is 4. The van der Waals surface area contributed by atoms with Crippen LogP contribution in [0.1, 0.15) is 62.5 Å². The Hall–Kier alpha value is -2.11. The zero-order valence-electron chi connectivity index (χ0n) is 13.1. The lowest BCUT2D eigenvalue weighted by Crippen LogP contribution is -2.30. The van der Waals surface area contributed by atoms with E-state index in [0.717, 1.165) is 25.1 Å². The van der Waals surface area contributed by atoms with E-state index in [1.165, 1.54) is 0 Å². The first-order valence-electron chi connectivity index (χ1n) is 7.90. The van der Waals surface area contributed by atoms with Crippen LogP contribution in [0.15, 0.2) is 22.9 Å². The van der Waals surface area contributed by atoms with Gasteiger partial charge in [-0.1, -0.05) is 19.0 Å². The van der Waals surface area contributed by atoms with E-state index in [4.69, 9.17) is 4.52 Å². The molecule has 0 aliphatic carbocycles. The highest BCUT2D eigenvalue weighted by molar-refractivity contribution is 5.77. The van der Waals surface area contributed by atoms with Crippen LogP contribution in [0.2, 0.25) is 0 Å². The first-order valence-corrected chi connectivity index (χ1v) is 7.90. The molecule has 1 atom stereocenters. The summed E-state index contributed by atoms with van der Waals surface area (Å²) in [6.45, 7) is 4.86. The highest BCUT2D eigenvalue weighted by Gasteiger charge is 2.30. The second-order valence-corrected chi connectivity index (χ2v) is 6.07. The standard InChI is InChI=1S/C16H22N4O2/c1-11(2)16-18-14(22-19-16)7-8-15(21)20-10-4-6-13(20)12-5-3-9-17-12/h3,5,9,11,13,17H,4,6-8,10H2,1-2H3. The van der Waals surface area contributed by atoms with E-state index in [-0.39, 0.29) is 17.9 Å². The van der Waals surface area contributed by atoms with Gasteiger partial charge in [0.05, 0.1) is 6.04 Å². The van der Waals surface area contributed by atoms with Crippen LogP contribution in [-0.4, -0.2) is 32.5 Å². The van der Waals surface area contributed by atoms with Gasteiger partial charge in [-0.15, -0.1) is 0 Å². The fraction of sp³-hybridized carbons (Fsp3) is 0.562. The predicted octanol–water partition coefficient (Wildman–Crippen LogP) is 2.82. The van der Waals surface area contributed by atoms with Crippen molar-refractivity contribution in [1.29, 1.82) is 0 Å². The Bertz CT molecular complexity index is 618. The zero-order valence-corrected chi connectivity index (χ0v) is 13.1. The van der Waals surface area contributed by atoms with E-state index in [1.807, 2.05) is 37.1 Å². The quantitative estimate of drug-likeness (QED) is 0.921. The molecule has 1 saturated heterocycles. The Morgan fingerprint density at radius 2 is 2.41 bits per heavy atom. The second-order valence-electron chi connectivity index (χ2n) is 6.07. The number of H-pyrrole nitrogens is 1. The Kier molecular flexibility index (Phi) is 4.27. The van der Waals surface area contributed by atoms with Crippen molar-refractivity contribution in [2.24, 2.45) is 0 Å². The molecular weight excluding hydrogens is 280 g/mol. The number of aromatic nitrogens is 3. The minimum absolute atomic E-state index is 0.154. The van der Waals surface area contributed by atoms with Crippen molar-refractivity contribution in [3.05, 3.63) is 35.7 Å². The topological polar surface area (TPSA) is 75.0 Å². The molecule has 1 aliphatic heterocycles. The SMILES string of the molecule is CC(C)c1noc(CCC(=O)N2CCCC2c2ccc[nH]2)n1. The summed E-state index contributed by atoms with van der Waals surface area (Å²) in [6, 6.07) is 4.20. The molecule has 2 aromatic rings. The molecule has 0 spiro atoms. The third-order valence-corrected chi connectivity index (χ3v) is 4.11. The highest BCUT2D eigenvalue weighted by atomic mass is 16.5. The van der Waals surface area contributed by atoms with Crippen LogP contribution >= 0.6 is 0 Å². The van der Waals surface area contributed by atoms with Crippen molar-refractivity contribution in [2.45, 2.75) is 51.5 Å². The van der Waals surface area contributed by atoms with Crippen LogP contribution in [-0.2, 0) is 11.2 Å². The van der Waals surface area contributed by atoms with Crippen LogP contribution in [0, 0.1) is 0 Å². The molecule has 1 aliphatic rings. The number of amides is 1. The lowest BCUT2D eigenvalue weighted by Gasteiger charge is -2.23. The number of aryl methyl sites for hydroxylation is 1. The Labute approximate surface area is 129 Å². The van der Waals surface area contributed by atoms with Gasteiger partial charge in [0, 0.05) is 37.2 Å². The van der Waals surface area contributed by atoms with Gasteiger partial charge in [0.2, 0.25) is 11.8 Å². The normalized spacial score (nSPS) is 18.3. The minimum Gasteiger partial charge on any atom is -0.363 e. The van der Waals surface area contributed by atoms with Gasteiger partial charge in [-0.3, -0.25) is 4.79 Å². The molecule has 1 unspecified atom stereocenters. The van der Waals surface area contributed by atoms with Crippen LogP contribution in [0.3, 0.4) is 0 Å². The molecule has 3 heterocycles. The monoisotopic (exact) mass is 302 g/mol. The van der Waals surface area contributed by atoms with E-state index in [0.29, 0.717) is 24.6 Å². The number of carbonyl (C=O) groups is 1. The lowest BCUT2D eigenvalue weighted by molar-refractivity contribution is -0.132. The molecule has 22 heavy (non-hydrogen) atoms. The molecule has 0 saturated carbocycles. The fourth-order valence-electron chi connectivity index (χ4n) is 2.90. The van der Waals surface area contributed by atoms with E-state index < -0.39 is 0 Å². The van der Waals surface area contributed by atoms with E-state index in [1.54, 1.807) is 0 Å². The summed E-state index contributed by atoms with van der Waals surface area (Å²) in [7, 11) is 0. The van der Waals surface area contributed by atoms with Crippen molar-refractivity contribution in [3.8, 4) is 0 Å². The van der Waals surface area contributed by atoms with Crippen molar-refractivity contribution >= 4 is 5.91 Å². The van der Waals surface area contributed by atoms with Crippen molar-refractivity contribution in [3.63, 3.8) is 0 Å². The maximum Gasteiger partial charge on any atom is 0.227 e. The molecule has 6 nitrogen and oxygen atoms in total. The molecule has 0 aromatic carbocycles. The predicted molar refractivity (Wildman–Crippen MR) is 81.2 cm³/mol. The molecule has 6 heteroatoms. The third-order valence-electron chi connectivity index (χ3n) is 4.11. The van der Waals surface area contributed by atoms with Gasteiger partial charge in [-0.2, -0.15) is 4.98 Å². The minimum atomic E-state index is 0.154. The smallest absolute Gasteiger partial charge is 0.227 e. The van der Waals surface area contributed by atoms with Gasteiger partial charge in [-0.25, -0.2) is 0 Å². The van der Waals surface area contributed by atoms with Crippen LogP contribution in [0.25, 0.3) is 0 Å². The summed E-state index contributed by atoms with van der Waals surface area (Å²) < 4.78 is 5.20. The number of nitrogens with zero attached hydrogens (tertiary/aromatic N) is 3. The highest BCUT2D eigenvalue weighted by Crippen LogP contribution is 2.31. The number of hydrogen-bond donors (Lipinski definition) is 1. The summed E-state index contributed by atoms with van der Waals surface area (Å²) >= 11 is 0. The van der Waals surface area contributed by atoms with E-state index >= 15 is 0 Å². The number of nitrogens with one attached hydrogen (secondary N) is 1. The molecule has 118 valence electrons. The molecule has 0 radical (unpaired) electrons. The first-order chi connectivity index (χ1) is 10.6. The zero-order chi connectivity index (χ0) is 15.5. The average molecular weight is 302 g/mol. The molecule has 1 N–H and O–H groups in total. The lowest BCUT2D eigenvalue weighted by atomic mass is 10.1. The summed E-state index contributed by atoms with van der Waals surface area (Å²) in [4.78, 5) is 22.0. The van der Waals surface area contributed by atoms with Crippen molar-refractivity contribution in [2.75, 3.05) is 6.54 Å². The number of aromatic amines is 1. The third kappa shape index (κ3) is 3.05. The molecular formula is C16H22N4O2. The molecule has 3 rings (SSSR count). The Balaban J connectivity index is 1.59. The maximum atomic E-state index is 12.5. The molecule has 0 bridgehead atoms. The summed E-state index contributed by atoms with van der Waals surface area (Å²) in [5, 5.41) is 3.93. The molecule has 2 aromatic heterocycles. The average Bonchev–Trinajstić information content (AvgIpc) is 3.23. The van der Waals surface area contributed by atoms with Crippen LogP contribution in [0.4, 0.5) is 0 Å². The summed E-state index contributed by atoms with van der Waals surface area (Å²) in [5.41, 5.74) is 1.12. The van der Waals surface area contributed by atoms with Crippen molar-refractivity contribution in [1.82, 2.24) is 20.0 Å². The largest absolute Gasteiger partial charge is 0.363 e. The van der Waals surface area contributed by atoms with Crippen LogP contribution < -0.4 is 0 Å². The van der Waals surface area contributed by atoms with Gasteiger partial charge >= 0.3 is 0 Å². The van der Waals surface area contributed by atoms with Crippen LogP contribution in [0.5, 0.6) is 0 Å². The summed E-state index contributed by atoms with van der Waals surface area (Å²) in [6.07, 6.45) is 4.89. The van der Waals surface area contributed by atoms with Gasteiger partial charge < -0.3 is 14.4 Å². The van der Waals surface area contributed by atoms with Gasteiger partial charge in [0.25, 0.3) is 0 Å². The van der Waals surface area contributed by atoms with Gasteiger partial charge in [-0.05, 0) is 25.0 Å². The number of rotatable bonds is 5. The Morgan fingerprint density at radius 1 is 1.55 bits per heavy atom. The number of likely N-dealkylation sites (tertiary alicyclic amines) is 1. The summed E-state index contributed by atoms with van der Waals surface area (Å²) in [5.74, 6) is 1.64. The fourth-order valence-corrected chi connectivity index (χ4v) is 2.90. The van der Waals surface area contributed by atoms with E-state index in [9.17, 15) is 4.79 Å². The van der Waals surface area contributed by atoms with Crippen molar-refractivity contribution < 1.29 is 9.32 Å². The van der Waals surface area contributed by atoms with E-state index in [2.05, 4.69) is 15.1 Å². The molecule has 1 amide bonds. The first kappa shape index (κ1) is 14.8.